The van der Waals surface area contributed by atoms with Gasteiger partial charge in [-0.2, -0.15) is 0 Å². The average Bonchev–Trinajstić information content (AvgIpc) is 2.64. The molecule has 2 N–H and O–H groups in total. The van der Waals surface area contributed by atoms with E-state index in [2.05, 4.69) is 0 Å². The Kier molecular flexibility index (Phi) is 5.54. The Labute approximate surface area is 147 Å². The molecule has 0 spiro atoms. The molecule has 0 aliphatic rings. The van der Waals surface area contributed by atoms with Gasteiger partial charge in [0.1, 0.15) is 11.5 Å². The van der Waals surface area contributed by atoms with Crippen LogP contribution in [0.2, 0.25) is 0 Å². The molecule has 1 atom stereocenters. The van der Waals surface area contributed by atoms with E-state index in [1.807, 2.05) is 66.7 Å². The highest BCUT2D eigenvalue weighted by Crippen LogP contribution is 2.50. The first-order valence-corrected chi connectivity index (χ1v) is 9.76. The second-order valence-corrected chi connectivity index (χ2v) is 7.57. The molecule has 1 unspecified atom stereocenters. The molecule has 25 heavy (non-hydrogen) atoms. The Morgan fingerprint density at radius 1 is 0.720 bits per heavy atom. The lowest BCUT2D eigenvalue weighted by Crippen LogP contribution is -2.19. The van der Waals surface area contributed by atoms with Crippen molar-refractivity contribution in [2.45, 2.75) is 6.04 Å². The topological polar surface area (TPSA) is 61.6 Å². The minimum atomic E-state index is -3.51. The summed E-state index contributed by atoms with van der Waals surface area (Å²) in [5.41, 5.74) is 7.14. The van der Waals surface area contributed by atoms with Gasteiger partial charge in [0.15, 0.2) is 0 Å². The summed E-state index contributed by atoms with van der Waals surface area (Å²) in [4.78, 5) is 0. The summed E-state index contributed by atoms with van der Waals surface area (Å²) < 4.78 is 24.9. The summed E-state index contributed by atoms with van der Waals surface area (Å²) in [5, 5.41) is 0. The Bertz CT molecular complexity index is 780. The van der Waals surface area contributed by atoms with Crippen LogP contribution >= 0.6 is 7.60 Å². The molecular formula is C20H20NO3P. The zero-order chi connectivity index (χ0) is 17.5. The molecule has 0 bridgehead atoms. The maximum Gasteiger partial charge on any atom is 0.432 e. The lowest BCUT2D eigenvalue weighted by Gasteiger charge is -2.23. The summed E-state index contributed by atoms with van der Waals surface area (Å²) in [7, 11) is -3.51. The monoisotopic (exact) mass is 353 g/mol. The van der Waals surface area contributed by atoms with Crippen LogP contribution in [0.1, 0.15) is 11.6 Å². The van der Waals surface area contributed by atoms with Crippen LogP contribution in [-0.4, -0.2) is 6.16 Å². The van der Waals surface area contributed by atoms with Crippen LogP contribution in [0.15, 0.2) is 91.0 Å². The predicted octanol–water partition coefficient (Wildman–Crippen LogP) is 5.04. The van der Waals surface area contributed by atoms with E-state index >= 15 is 0 Å². The van der Waals surface area contributed by atoms with E-state index in [0.717, 1.165) is 5.56 Å². The van der Waals surface area contributed by atoms with E-state index in [1.165, 1.54) is 0 Å². The van der Waals surface area contributed by atoms with Gasteiger partial charge in [0.05, 0.1) is 6.16 Å². The first-order chi connectivity index (χ1) is 12.1. The molecule has 0 radical (unpaired) electrons. The Balaban J connectivity index is 1.84. The van der Waals surface area contributed by atoms with Crippen molar-refractivity contribution < 1.29 is 13.6 Å². The smallest absolute Gasteiger partial charge is 0.416 e. The van der Waals surface area contributed by atoms with Crippen molar-refractivity contribution in [1.29, 1.82) is 0 Å². The maximum absolute atomic E-state index is 13.4. The highest BCUT2D eigenvalue weighted by molar-refractivity contribution is 7.54. The molecule has 0 aliphatic heterocycles. The van der Waals surface area contributed by atoms with Gasteiger partial charge in [-0.1, -0.05) is 66.7 Å². The van der Waals surface area contributed by atoms with E-state index < -0.39 is 13.6 Å². The van der Waals surface area contributed by atoms with Crippen LogP contribution in [0.4, 0.5) is 0 Å². The van der Waals surface area contributed by atoms with Crippen LogP contribution in [-0.2, 0) is 4.57 Å². The molecule has 0 saturated carbocycles. The van der Waals surface area contributed by atoms with Crippen molar-refractivity contribution in [2.24, 2.45) is 5.73 Å². The van der Waals surface area contributed by atoms with Crippen LogP contribution in [0.25, 0.3) is 0 Å². The molecule has 5 heteroatoms. The normalized spacial score (nSPS) is 12.4. The highest BCUT2D eigenvalue weighted by atomic mass is 31.2. The third-order valence-electron chi connectivity index (χ3n) is 3.62. The fraction of sp³-hybridized carbons (Fsp3) is 0.100. The quantitative estimate of drug-likeness (QED) is 0.605. The summed E-state index contributed by atoms with van der Waals surface area (Å²) in [6.07, 6.45) is 0.0702. The van der Waals surface area contributed by atoms with Crippen LogP contribution < -0.4 is 14.8 Å². The fourth-order valence-corrected chi connectivity index (χ4v) is 4.19. The third-order valence-corrected chi connectivity index (χ3v) is 5.44. The second-order valence-electron chi connectivity index (χ2n) is 5.62. The predicted molar refractivity (Wildman–Crippen MR) is 100.0 cm³/mol. The fourth-order valence-electron chi connectivity index (χ4n) is 2.42. The van der Waals surface area contributed by atoms with E-state index in [4.69, 9.17) is 14.8 Å². The summed E-state index contributed by atoms with van der Waals surface area (Å²) in [6.45, 7) is 0. The number of hydrogen-bond donors (Lipinski definition) is 1. The van der Waals surface area contributed by atoms with Gasteiger partial charge in [-0.15, -0.1) is 0 Å². The van der Waals surface area contributed by atoms with Gasteiger partial charge in [-0.25, -0.2) is 4.57 Å². The zero-order valence-electron chi connectivity index (χ0n) is 13.7. The number of hydrogen-bond acceptors (Lipinski definition) is 4. The molecular weight excluding hydrogens is 333 g/mol. The van der Waals surface area contributed by atoms with Gasteiger partial charge in [0.25, 0.3) is 0 Å². The molecule has 0 amide bonds. The van der Waals surface area contributed by atoms with E-state index in [0.29, 0.717) is 11.5 Å². The number of rotatable bonds is 7. The summed E-state index contributed by atoms with van der Waals surface area (Å²) in [6, 6.07) is 27.0. The molecule has 128 valence electrons. The highest BCUT2D eigenvalue weighted by Gasteiger charge is 2.31. The molecule has 0 aromatic heterocycles. The Morgan fingerprint density at radius 3 is 1.56 bits per heavy atom. The minimum Gasteiger partial charge on any atom is -0.416 e. The standard InChI is InChI=1S/C20H20NO3P/c21-20(17-10-4-1-5-11-17)16-25(22,23-18-12-6-2-7-13-18)24-19-14-8-3-9-15-19/h1-15,20H,16,21H2. The molecule has 0 aliphatic carbocycles. The van der Waals surface area contributed by atoms with Gasteiger partial charge >= 0.3 is 7.60 Å². The maximum atomic E-state index is 13.4. The molecule has 3 rings (SSSR count). The zero-order valence-corrected chi connectivity index (χ0v) is 14.6. The van der Waals surface area contributed by atoms with Crippen molar-refractivity contribution in [3.8, 4) is 11.5 Å². The van der Waals surface area contributed by atoms with Crippen LogP contribution in [0.5, 0.6) is 11.5 Å². The molecule has 3 aromatic carbocycles. The van der Waals surface area contributed by atoms with Crippen molar-refractivity contribution in [3.63, 3.8) is 0 Å². The van der Waals surface area contributed by atoms with Gasteiger partial charge in [-0.3, -0.25) is 0 Å². The van der Waals surface area contributed by atoms with E-state index in [1.54, 1.807) is 24.3 Å². The molecule has 3 aromatic rings. The van der Waals surface area contributed by atoms with Crippen LogP contribution in [0, 0.1) is 0 Å². The SMILES string of the molecule is NC(CP(=O)(Oc1ccccc1)Oc1ccccc1)c1ccccc1. The largest absolute Gasteiger partial charge is 0.432 e. The van der Waals surface area contributed by atoms with Crippen LogP contribution in [0.3, 0.4) is 0 Å². The third kappa shape index (κ3) is 4.96. The van der Waals surface area contributed by atoms with Gasteiger partial charge in [-0.05, 0) is 29.8 Å². The van der Waals surface area contributed by atoms with E-state index in [-0.39, 0.29) is 6.16 Å². The first kappa shape index (κ1) is 17.3. The second kappa shape index (κ2) is 8.02. The van der Waals surface area contributed by atoms with Gasteiger partial charge in [0, 0.05) is 6.04 Å². The molecule has 0 saturated heterocycles. The summed E-state index contributed by atoms with van der Waals surface area (Å²) in [5.74, 6) is 0.976. The lowest BCUT2D eigenvalue weighted by molar-refractivity contribution is 0.382. The minimum absolute atomic E-state index is 0.0702. The first-order valence-electron chi connectivity index (χ1n) is 8.03. The average molecular weight is 353 g/mol. The Morgan fingerprint density at radius 2 is 1.12 bits per heavy atom. The van der Waals surface area contributed by atoms with Crippen molar-refractivity contribution >= 4 is 7.60 Å². The van der Waals surface area contributed by atoms with Crippen molar-refractivity contribution in [2.75, 3.05) is 6.16 Å². The van der Waals surface area contributed by atoms with E-state index in [9.17, 15) is 4.57 Å². The summed E-state index contributed by atoms with van der Waals surface area (Å²) >= 11 is 0. The van der Waals surface area contributed by atoms with Crippen molar-refractivity contribution in [1.82, 2.24) is 0 Å². The lowest BCUT2D eigenvalue weighted by atomic mass is 10.1. The number of nitrogens with two attached hydrogens (primary N) is 1. The van der Waals surface area contributed by atoms with Gasteiger partial charge < -0.3 is 14.8 Å². The number of benzene rings is 3. The van der Waals surface area contributed by atoms with Gasteiger partial charge in [0.2, 0.25) is 0 Å². The molecule has 0 fully saturated rings. The molecule has 0 heterocycles. The Hall–Kier alpha value is -2.55. The molecule has 4 nitrogen and oxygen atoms in total. The number of para-hydroxylation sites is 2. The van der Waals surface area contributed by atoms with Crippen molar-refractivity contribution in [3.05, 3.63) is 96.6 Å².